The lowest BCUT2D eigenvalue weighted by atomic mass is 9.78. The molecule has 0 aliphatic rings. The second kappa shape index (κ2) is 15.6. The number of hydrogen-bond acceptors (Lipinski definition) is 3. The number of benzene rings is 6. The number of nitrogens with zero attached hydrogens (tertiary/aromatic N) is 3. The van der Waals surface area contributed by atoms with Gasteiger partial charge in [-0.05, 0) is 115 Å². The summed E-state index contributed by atoms with van der Waals surface area (Å²) >= 11 is 0. The number of phenolic OH excluding ortho intramolecular Hbond substituents is 1. The molecule has 2 aromatic heterocycles. The Morgan fingerprint density at radius 3 is 1.84 bits per heavy atom. The molecule has 62 heavy (non-hydrogen) atoms. The zero-order chi connectivity index (χ0) is 60.2. The second-order valence-corrected chi connectivity index (χ2v) is 18.0. The largest absolute Gasteiger partial charge is 0.507 e. The molecule has 0 saturated carbocycles. The van der Waals surface area contributed by atoms with E-state index in [2.05, 4.69) is 0 Å². The van der Waals surface area contributed by atoms with Crippen LogP contribution >= 0.6 is 0 Å². The predicted octanol–water partition coefficient (Wildman–Crippen LogP) is 15.7. The van der Waals surface area contributed by atoms with Gasteiger partial charge in [0, 0.05) is 53.2 Å². The van der Waals surface area contributed by atoms with Crippen molar-refractivity contribution in [1.82, 2.24) is 14.5 Å². The van der Waals surface area contributed by atoms with E-state index in [9.17, 15) is 6.48 Å². The summed E-state index contributed by atoms with van der Waals surface area (Å²) in [6.45, 7) is -12.6. The van der Waals surface area contributed by atoms with Gasteiger partial charge < -0.3 is 5.11 Å². The van der Waals surface area contributed by atoms with Crippen LogP contribution < -0.4 is 0 Å². The molecule has 0 unspecified atom stereocenters. The van der Waals surface area contributed by atoms with Gasteiger partial charge in [0.25, 0.3) is 0 Å². The number of imidazole rings is 1. The third kappa shape index (κ3) is 8.23. The first-order valence-electron chi connectivity index (χ1n) is 29.9. The summed E-state index contributed by atoms with van der Waals surface area (Å²) < 4.78 is 169. The Bertz CT molecular complexity index is 3590. The minimum atomic E-state index is -4.14. The van der Waals surface area contributed by atoms with Gasteiger partial charge in [0.15, 0.2) is 0 Å². The maximum Gasteiger partial charge on any atom is 0.149 e. The van der Waals surface area contributed by atoms with Crippen LogP contribution in [0.3, 0.4) is 0 Å². The normalized spacial score (nSPS) is 18.3. The fourth-order valence-electron chi connectivity index (χ4n) is 7.92. The Labute approximate surface area is 396 Å². The fourth-order valence-corrected chi connectivity index (χ4v) is 7.92. The van der Waals surface area contributed by atoms with Crippen LogP contribution in [0.15, 0.2) is 146 Å². The van der Waals surface area contributed by atoms with Crippen LogP contribution in [0.5, 0.6) is 5.75 Å². The molecule has 0 saturated heterocycles. The molecule has 8 rings (SSSR count). The lowest BCUT2D eigenvalue weighted by Crippen LogP contribution is -2.17. The average Bonchev–Trinajstić information content (AvgIpc) is 2.85. The number of aromatic hydroxyl groups is 1. The third-order valence-corrected chi connectivity index (χ3v) is 11.2. The van der Waals surface area contributed by atoms with E-state index >= 15 is 0 Å². The van der Waals surface area contributed by atoms with Crippen molar-refractivity contribution in [1.29, 1.82) is 0 Å². The summed E-state index contributed by atoms with van der Waals surface area (Å²) in [4.78, 5) is 9.86. The topological polar surface area (TPSA) is 50.9 Å². The summed E-state index contributed by atoms with van der Waals surface area (Å²) in [5.74, 6) is -1.79. The van der Waals surface area contributed by atoms with Gasteiger partial charge in [0.1, 0.15) is 11.6 Å². The van der Waals surface area contributed by atoms with Crippen molar-refractivity contribution in [2.45, 2.75) is 104 Å². The van der Waals surface area contributed by atoms with Gasteiger partial charge in [-0.2, -0.15) is 0 Å². The summed E-state index contributed by atoms with van der Waals surface area (Å²) in [6, 6.07) is 38.0. The molecule has 6 aromatic carbocycles. The minimum Gasteiger partial charge on any atom is -0.507 e. The monoisotopic (exact) mass is 835 g/mol. The molecule has 0 fully saturated rings. The van der Waals surface area contributed by atoms with Crippen LogP contribution in [-0.2, 0) is 21.7 Å². The van der Waals surface area contributed by atoms with Gasteiger partial charge >= 0.3 is 0 Å². The van der Waals surface area contributed by atoms with E-state index in [0.29, 0.717) is 45.8 Å². The Morgan fingerprint density at radius 1 is 0.516 bits per heavy atom. The van der Waals surface area contributed by atoms with Crippen molar-refractivity contribution in [2.75, 3.05) is 0 Å². The molecule has 0 spiro atoms. The van der Waals surface area contributed by atoms with Gasteiger partial charge in [-0.25, -0.2) is 4.98 Å². The number of pyridine rings is 1. The van der Waals surface area contributed by atoms with E-state index in [-0.39, 0.29) is 17.1 Å². The minimum absolute atomic E-state index is 0.148. The van der Waals surface area contributed by atoms with Crippen molar-refractivity contribution >= 4 is 11.0 Å². The number of hydrogen-bond donors (Lipinski definition) is 1. The van der Waals surface area contributed by atoms with Crippen LogP contribution in [0.4, 0.5) is 0 Å². The fraction of sp³-hybridized carbons (Fsp3) is 0.276. The van der Waals surface area contributed by atoms with E-state index in [0.717, 1.165) is 27.8 Å². The second-order valence-electron chi connectivity index (χ2n) is 18.0. The number of aromatic nitrogens is 3. The van der Waals surface area contributed by atoms with E-state index in [1.165, 1.54) is 4.57 Å². The zero-order valence-electron chi connectivity index (χ0n) is 54.6. The van der Waals surface area contributed by atoms with E-state index in [4.69, 9.17) is 34.6 Å². The molecule has 1 N–H and O–H groups in total. The summed E-state index contributed by atoms with van der Waals surface area (Å²) in [5, 5.41) is 13.0. The maximum absolute atomic E-state index is 13.0. The van der Waals surface area contributed by atoms with Gasteiger partial charge in [0.2, 0.25) is 0 Å². The molecular formula is C58H61N3O. The highest BCUT2D eigenvalue weighted by molar-refractivity contribution is 5.97. The number of fused-ring (bicyclic) bond motifs is 1. The Morgan fingerprint density at radius 2 is 1.18 bits per heavy atom. The number of rotatable bonds is 6. The van der Waals surface area contributed by atoms with E-state index in [1.807, 2.05) is 133 Å². The van der Waals surface area contributed by atoms with E-state index < -0.39 is 91.0 Å². The molecule has 4 nitrogen and oxygen atoms in total. The van der Waals surface area contributed by atoms with Crippen LogP contribution in [0.1, 0.15) is 131 Å². The third-order valence-electron chi connectivity index (χ3n) is 11.2. The molecule has 4 heteroatoms. The maximum atomic E-state index is 13.0. The molecule has 0 aliphatic carbocycles. The molecule has 0 aliphatic heterocycles. The first-order chi connectivity index (χ1) is 37.1. The van der Waals surface area contributed by atoms with Crippen LogP contribution in [0.2, 0.25) is 0 Å². The highest BCUT2D eigenvalue weighted by Crippen LogP contribution is 2.46. The molecule has 8 aromatic rings. The molecule has 314 valence electrons. The Hall–Kier alpha value is -6.26. The van der Waals surface area contributed by atoms with Crippen molar-refractivity contribution in [3.63, 3.8) is 0 Å². The Kier molecular flexibility index (Phi) is 6.28. The average molecular weight is 835 g/mol. The SMILES string of the molecule is [2H]c1c(-c2ccccc2)ccnc1-c1cc(-c2cccc3c2nc(-c2cc(C(C([2H])([2H])[2H])(C([2H])([2H])[2H])C([2H])([2H])[2H])cc(C(C([2H])([2H])[2H])(C([2H])([2H])[2H])C([2H])([2H])[2H])c2O)n3-c2ccc(-c3ccccc3)c(C(C)(C)C)c2)cc(C(C)(C)C)c1. The van der Waals surface area contributed by atoms with Gasteiger partial charge in [0.05, 0.1) is 23.7 Å². The van der Waals surface area contributed by atoms with Crippen molar-refractivity contribution in [3.05, 3.63) is 168 Å². The van der Waals surface area contributed by atoms with Crippen LogP contribution in [0.25, 0.3) is 72.7 Å². The number of phenols is 1. The number of para-hydroxylation sites is 1. The van der Waals surface area contributed by atoms with Gasteiger partial charge in [-0.15, -0.1) is 0 Å². The van der Waals surface area contributed by atoms with Gasteiger partial charge in [-0.3, -0.25) is 9.55 Å². The zero-order valence-corrected chi connectivity index (χ0v) is 35.6. The molecule has 0 bridgehead atoms. The lowest BCUT2D eigenvalue weighted by Gasteiger charge is -2.28. The molecular weight excluding hydrogens is 755 g/mol. The highest BCUT2D eigenvalue weighted by Gasteiger charge is 2.30. The lowest BCUT2D eigenvalue weighted by molar-refractivity contribution is 0.446. The quantitative estimate of drug-likeness (QED) is 0.182. The highest BCUT2D eigenvalue weighted by atomic mass is 16.3. The Balaban J connectivity index is 1.61. The van der Waals surface area contributed by atoms with Crippen molar-refractivity contribution in [3.8, 4) is 67.5 Å². The first kappa shape index (κ1) is 25.0. The van der Waals surface area contributed by atoms with Crippen LogP contribution in [0, 0.1) is 0 Å². The van der Waals surface area contributed by atoms with E-state index in [1.54, 1.807) is 36.5 Å². The summed E-state index contributed by atoms with van der Waals surface area (Å²) in [5.41, 5.74) is -5.53. The molecule has 2 heterocycles. The summed E-state index contributed by atoms with van der Waals surface area (Å²) in [7, 11) is 0. The molecule has 0 atom stereocenters. The van der Waals surface area contributed by atoms with Crippen molar-refractivity contribution in [2.24, 2.45) is 0 Å². The smallest absolute Gasteiger partial charge is 0.149 e. The van der Waals surface area contributed by atoms with Crippen molar-refractivity contribution < 1.29 is 31.2 Å². The predicted molar refractivity (Wildman–Crippen MR) is 263 cm³/mol. The summed E-state index contributed by atoms with van der Waals surface area (Å²) in [6.07, 6.45) is 1.62. The molecule has 0 amide bonds. The first-order valence-corrected chi connectivity index (χ1v) is 20.4. The van der Waals surface area contributed by atoms with Crippen LogP contribution in [-0.4, -0.2) is 19.6 Å². The standard InChI is InChI=1S/C58H61N3O/c1-55(2,3)42-31-40(30-41(32-42)50-33-39(28-29-59-50)37-20-15-13-16-21-37)46-24-19-25-51-52(46)60-54(47-34-43(56(4,5)6)35-49(53(47)62)58(10,11)12)61(51)44-26-27-45(38-22-17-14-18-23-38)48(36-44)57(7,8)9/h13-36,62H,1-12H3/i4D3,5D3,6D3,10D3,11D3,12D3,33D. The van der Waals surface area contributed by atoms with Gasteiger partial charge in [-0.1, -0.05) is 174 Å². The molecule has 0 radical (unpaired) electrons.